The Morgan fingerprint density at radius 1 is 0.860 bits per heavy atom. The Hall–Kier alpha value is -1.23. The Kier molecular flexibility index (Phi) is 41.8. The number of carbonyl (C=O) groups excluding carboxylic acids is 2. The molecule has 10 nitrogen and oxygen atoms in total. The summed E-state index contributed by atoms with van der Waals surface area (Å²) in [4.78, 5) is 43.1. The van der Waals surface area contributed by atoms with Crippen LogP contribution in [-0.4, -0.2) is 43.1 Å². The molecule has 0 aromatic rings. The fourth-order valence-electron chi connectivity index (χ4n) is 3.00. The fraction of sp³-hybridized carbons (Fsp3) is 0.600. The number of carbonyl (C=O) groups is 2. The molecule has 0 unspecified atom stereocenters. The van der Waals surface area contributed by atoms with E-state index in [0.29, 0.717) is 6.42 Å². The van der Waals surface area contributed by atoms with Crippen LogP contribution in [0.15, 0.2) is 0 Å². The molecule has 0 aliphatic carbocycles. The first-order chi connectivity index (χ1) is 19.7. The molecule has 13 heteroatoms. The number of esters is 1. The van der Waals surface area contributed by atoms with Gasteiger partial charge >= 0.3 is 65.1 Å². The molecule has 0 rings (SSSR count). The Balaban J connectivity index is -0.0000000490. The molecule has 0 spiro atoms. The van der Waals surface area contributed by atoms with Crippen molar-refractivity contribution in [2.75, 3.05) is 20.0 Å². The molecule has 0 aliphatic heterocycles. The molecule has 0 heterocycles. The minimum Gasteiger partial charge on any atom is -0.790 e. The second-order valence-corrected chi connectivity index (χ2v) is 9.62. The average Bonchev–Trinajstić information content (AvgIpc) is 2.92. The van der Waals surface area contributed by atoms with Crippen LogP contribution in [0.2, 0.25) is 0 Å². The normalized spacial score (nSPS) is 9.67. The van der Waals surface area contributed by atoms with Crippen LogP contribution in [-0.2, 0) is 28.2 Å². The SMILES string of the molecule is C#CC#CC#CC#CC#CNC(C)=O.CCCCCCCCCCCCCC(=O)O[C@@H](COCO)COP(=O)([O-])[O-].[HH].[HH].[HH].[HH].[HH].[HH].[HH].[HH].[HH].[Na+].[Na+]. The van der Waals surface area contributed by atoms with Gasteiger partial charge in [0.15, 0.2) is 0 Å². The van der Waals surface area contributed by atoms with Gasteiger partial charge in [-0.2, -0.15) is 0 Å². The zero-order valence-corrected chi connectivity index (χ0v) is 30.8. The molecule has 0 aromatic heterocycles. The molecule has 0 saturated carbocycles. The van der Waals surface area contributed by atoms with E-state index >= 15 is 0 Å². The van der Waals surface area contributed by atoms with Gasteiger partial charge in [0.2, 0.25) is 5.91 Å². The molecule has 2 N–H and O–H groups in total. The fourth-order valence-corrected chi connectivity index (χ4v) is 3.34. The summed E-state index contributed by atoms with van der Waals surface area (Å²) in [6, 6.07) is 2.33. The molecular formula is C30H58NNa2O9P. The molecule has 0 radical (unpaired) electrons. The van der Waals surface area contributed by atoms with Crippen molar-refractivity contribution >= 4 is 19.7 Å². The van der Waals surface area contributed by atoms with Gasteiger partial charge in [-0.05, 0) is 30.1 Å². The van der Waals surface area contributed by atoms with Crippen LogP contribution in [0.4, 0.5) is 0 Å². The number of amides is 1. The number of hydrogen-bond acceptors (Lipinski definition) is 9. The molecule has 244 valence electrons. The molecule has 0 saturated heterocycles. The molecule has 1 atom stereocenters. The second-order valence-electron chi connectivity index (χ2n) is 8.47. The van der Waals surface area contributed by atoms with Crippen molar-refractivity contribution in [3.05, 3.63) is 0 Å². The summed E-state index contributed by atoms with van der Waals surface area (Å²) in [7, 11) is -5.15. The van der Waals surface area contributed by atoms with Gasteiger partial charge in [0.05, 0.1) is 21.0 Å². The maximum absolute atomic E-state index is 11.8. The molecule has 0 aromatic carbocycles. The molecule has 0 bridgehead atoms. The van der Waals surface area contributed by atoms with E-state index in [0.717, 1.165) is 19.3 Å². The van der Waals surface area contributed by atoms with Gasteiger partial charge in [-0.1, -0.05) is 71.1 Å². The average molecular weight is 654 g/mol. The standard InChI is InChI=1S/C18H37O8P.C12H5NO.2Na.9H2/c1-2-3-4-5-6-7-8-9-10-11-12-13-18(20)26-17(14-24-16-19)15-25-27(21,22)23;1-3-4-5-6-7-8-9-10-11-13-12(2)14;;;;;;;;;;;/h17,19H,2-16H2,1H3,(H2,21,22,23);1H,2H3,(H,13,14);;;9*1H/q;;2*+1;;;;;;;;;/p-2/t17-;;;;;;;;;;;;/m0............/s1. The Morgan fingerprint density at radius 3 is 1.81 bits per heavy atom. The largest absolute Gasteiger partial charge is 1.00 e. The number of nitrogens with one attached hydrogen (secondary N) is 1. The van der Waals surface area contributed by atoms with Crippen molar-refractivity contribution in [1.29, 1.82) is 0 Å². The molecule has 43 heavy (non-hydrogen) atoms. The van der Waals surface area contributed by atoms with E-state index in [-0.39, 0.29) is 90.9 Å². The van der Waals surface area contributed by atoms with Crippen LogP contribution in [0.5, 0.6) is 0 Å². The first kappa shape index (κ1) is 48.7. The van der Waals surface area contributed by atoms with Crippen LogP contribution in [0, 0.1) is 59.8 Å². The molecular weight excluding hydrogens is 595 g/mol. The summed E-state index contributed by atoms with van der Waals surface area (Å²) in [5, 5.41) is 10.9. The zero-order chi connectivity index (χ0) is 31.0. The van der Waals surface area contributed by atoms with E-state index in [9.17, 15) is 23.9 Å². The van der Waals surface area contributed by atoms with Gasteiger partial charge in [0.1, 0.15) is 12.9 Å². The summed E-state index contributed by atoms with van der Waals surface area (Å²) >= 11 is 0. The number of phosphoric acid groups is 1. The van der Waals surface area contributed by atoms with Crippen molar-refractivity contribution in [1.82, 2.24) is 5.32 Å². The smallest absolute Gasteiger partial charge is 0.790 e. The maximum atomic E-state index is 11.8. The minimum absolute atomic E-state index is 0. The number of hydrogen-bond donors (Lipinski definition) is 2. The van der Waals surface area contributed by atoms with Gasteiger partial charge < -0.3 is 33.5 Å². The van der Waals surface area contributed by atoms with Crippen LogP contribution in [0.1, 0.15) is 104 Å². The van der Waals surface area contributed by atoms with E-state index in [4.69, 9.17) is 16.3 Å². The van der Waals surface area contributed by atoms with E-state index in [1.165, 1.54) is 51.9 Å². The number of terminal acetylenes is 1. The Bertz CT molecular complexity index is 1110. The van der Waals surface area contributed by atoms with Gasteiger partial charge in [0.25, 0.3) is 0 Å². The Labute approximate surface area is 315 Å². The van der Waals surface area contributed by atoms with Gasteiger partial charge in [-0.15, -0.1) is 6.42 Å². The third kappa shape index (κ3) is 45.3. The Morgan fingerprint density at radius 2 is 1.35 bits per heavy atom. The summed E-state index contributed by atoms with van der Waals surface area (Å²) in [5.41, 5.74) is 0. The van der Waals surface area contributed by atoms with Crippen molar-refractivity contribution in [3.63, 3.8) is 0 Å². The third-order valence-corrected chi connectivity index (χ3v) is 5.31. The van der Waals surface area contributed by atoms with Crippen molar-refractivity contribution in [2.24, 2.45) is 0 Å². The number of ether oxygens (including phenoxy) is 2. The quantitative estimate of drug-likeness (QED) is 0.0318. The number of unbranched alkanes of at least 4 members (excludes halogenated alkanes) is 10. The van der Waals surface area contributed by atoms with E-state index in [1.807, 2.05) is 0 Å². The van der Waals surface area contributed by atoms with Gasteiger partial charge in [0, 0.05) is 55.9 Å². The number of phosphoric ester groups is 1. The molecule has 0 fully saturated rings. The minimum atomic E-state index is -5.15. The molecule has 1 amide bonds. The number of rotatable bonds is 19. The van der Waals surface area contributed by atoms with E-state index < -0.39 is 33.3 Å². The predicted octanol–water partition coefficient (Wildman–Crippen LogP) is -1.64. The van der Waals surface area contributed by atoms with E-state index in [1.54, 1.807) is 0 Å². The van der Waals surface area contributed by atoms with Gasteiger partial charge in [-0.25, -0.2) is 0 Å². The summed E-state index contributed by atoms with van der Waals surface area (Å²) in [6.07, 6.45) is 16.9. The van der Waals surface area contributed by atoms with Gasteiger partial charge in [-0.3, -0.25) is 14.9 Å². The predicted molar refractivity (Wildman–Crippen MR) is 170 cm³/mol. The van der Waals surface area contributed by atoms with Crippen LogP contribution >= 0.6 is 7.82 Å². The van der Waals surface area contributed by atoms with Crippen LogP contribution in [0.25, 0.3) is 0 Å². The molecule has 0 aliphatic rings. The summed E-state index contributed by atoms with van der Waals surface area (Å²) in [5.74, 6) is 18.1. The van der Waals surface area contributed by atoms with Crippen molar-refractivity contribution < 1.29 is 115 Å². The van der Waals surface area contributed by atoms with Crippen molar-refractivity contribution in [3.8, 4) is 59.8 Å². The number of aliphatic hydroxyl groups is 1. The van der Waals surface area contributed by atoms with Crippen LogP contribution < -0.4 is 74.2 Å². The zero-order valence-electron chi connectivity index (χ0n) is 25.9. The van der Waals surface area contributed by atoms with E-state index in [2.05, 4.69) is 74.9 Å². The topological polar surface area (TPSA) is 157 Å². The van der Waals surface area contributed by atoms with Crippen LogP contribution in [0.3, 0.4) is 0 Å². The third-order valence-electron chi connectivity index (χ3n) is 4.84. The monoisotopic (exact) mass is 653 g/mol. The first-order valence-corrected chi connectivity index (χ1v) is 14.9. The second kappa shape index (κ2) is 37.0. The van der Waals surface area contributed by atoms with Crippen molar-refractivity contribution in [2.45, 2.75) is 97.0 Å². The maximum Gasteiger partial charge on any atom is 1.00 e. The first-order valence-electron chi connectivity index (χ1n) is 13.4. The summed E-state index contributed by atoms with van der Waals surface area (Å²) < 4.78 is 24.3. The summed E-state index contributed by atoms with van der Waals surface area (Å²) in [6.45, 7) is 2.09. The number of aliphatic hydroxyl groups excluding tert-OH is 1.